The van der Waals surface area contributed by atoms with Crippen molar-refractivity contribution in [2.75, 3.05) is 0 Å². The number of rotatable bonds is 0. The molecule has 0 aromatic rings. The van der Waals surface area contributed by atoms with Crippen molar-refractivity contribution in [1.82, 2.24) is 0 Å². The molecule has 0 saturated heterocycles. The minimum Gasteiger partial charge on any atom is -0.390 e. The Kier molecular flexibility index (Phi) is 3.25. The number of aliphatic hydroxyl groups is 2. The van der Waals surface area contributed by atoms with E-state index in [1.165, 1.54) is 38.5 Å². The van der Waals surface area contributed by atoms with E-state index in [9.17, 15) is 10.2 Å². The van der Waals surface area contributed by atoms with Gasteiger partial charge in [0.15, 0.2) is 0 Å². The molecule has 2 heteroatoms. The molecule has 0 amide bonds. The minimum atomic E-state index is -0.472. The monoisotopic (exact) mass is 292 g/mol. The molecule has 4 fully saturated rings. The first-order valence-corrected chi connectivity index (χ1v) is 9.32. The first-order valence-electron chi connectivity index (χ1n) is 9.32. The third kappa shape index (κ3) is 1.91. The second-order valence-corrected chi connectivity index (χ2v) is 9.25. The average molecular weight is 292 g/mol. The molecule has 21 heavy (non-hydrogen) atoms. The molecule has 4 rings (SSSR count). The van der Waals surface area contributed by atoms with Crippen LogP contribution in [0.25, 0.3) is 0 Å². The van der Waals surface area contributed by atoms with E-state index < -0.39 is 12.2 Å². The lowest BCUT2D eigenvalue weighted by Crippen LogP contribution is -2.57. The Labute approximate surface area is 129 Å². The van der Waals surface area contributed by atoms with Crippen LogP contribution >= 0.6 is 0 Å². The van der Waals surface area contributed by atoms with Crippen LogP contribution in [0.15, 0.2) is 0 Å². The second kappa shape index (κ2) is 4.71. The highest BCUT2D eigenvalue weighted by atomic mass is 16.3. The molecule has 2 nitrogen and oxygen atoms in total. The van der Waals surface area contributed by atoms with Gasteiger partial charge in [-0.2, -0.15) is 0 Å². The highest BCUT2D eigenvalue weighted by Gasteiger charge is 2.59. The molecule has 120 valence electrons. The van der Waals surface area contributed by atoms with Crippen molar-refractivity contribution in [3.8, 4) is 0 Å². The highest BCUT2D eigenvalue weighted by molar-refractivity contribution is 5.09. The normalized spacial score (nSPS) is 60.0. The molecule has 0 aromatic heterocycles. The van der Waals surface area contributed by atoms with Crippen LogP contribution in [0.4, 0.5) is 0 Å². The molecule has 0 spiro atoms. The molecule has 0 bridgehead atoms. The molecular weight excluding hydrogens is 260 g/mol. The summed E-state index contributed by atoms with van der Waals surface area (Å²) in [6.07, 6.45) is 10.5. The van der Waals surface area contributed by atoms with Crippen molar-refractivity contribution in [3.05, 3.63) is 0 Å². The Hall–Kier alpha value is -0.0800. The molecule has 4 aliphatic carbocycles. The summed E-state index contributed by atoms with van der Waals surface area (Å²) in [4.78, 5) is 0. The van der Waals surface area contributed by atoms with Crippen LogP contribution in [-0.2, 0) is 0 Å². The van der Waals surface area contributed by atoms with Gasteiger partial charge in [0.1, 0.15) is 0 Å². The minimum absolute atomic E-state index is 0.283. The van der Waals surface area contributed by atoms with Crippen LogP contribution in [0, 0.1) is 34.5 Å². The standard InChI is InChI=1S/C19H32O2/c1-18-9-3-4-13(18)12-5-6-15-17(21)16(20)8-11-19(15,2)14(12)7-10-18/h12-17,20-21H,3-11H2,1-2H3/t12-,13+,14-,15-,16+,17-,18+,19-/m0/s1. The van der Waals surface area contributed by atoms with Crippen molar-refractivity contribution in [2.45, 2.75) is 83.8 Å². The lowest BCUT2D eigenvalue weighted by molar-refractivity contribution is -0.171. The van der Waals surface area contributed by atoms with Gasteiger partial charge in [0, 0.05) is 0 Å². The predicted octanol–water partition coefficient (Wildman–Crippen LogP) is 3.75. The summed E-state index contributed by atoms with van der Waals surface area (Å²) in [5, 5.41) is 20.6. The molecule has 0 aliphatic heterocycles. The second-order valence-electron chi connectivity index (χ2n) is 9.25. The summed E-state index contributed by atoms with van der Waals surface area (Å²) in [5.41, 5.74) is 0.905. The van der Waals surface area contributed by atoms with Crippen molar-refractivity contribution in [2.24, 2.45) is 34.5 Å². The van der Waals surface area contributed by atoms with E-state index in [1.807, 2.05) is 0 Å². The summed E-state index contributed by atoms with van der Waals surface area (Å²) in [6, 6.07) is 0. The molecule has 0 unspecified atom stereocenters. The van der Waals surface area contributed by atoms with Gasteiger partial charge in [-0.3, -0.25) is 0 Å². The fourth-order valence-corrected chi connectivity index (χ4v) is 7.31. The quantitative estimate of drug-likeness (QED) is 0.714. The largest absolute Gasteiger partial charge is 0.390 e. The van der Waals surface area contributed by atoms with Crippen LogP contribution in [0.5, 0.6) is 0 Å². The van der Waals surface area contributed by atoms with E-state index in [0.717, 1.165) is 37.0 Å². The van der Waals surface area contributed by atoms with Crippen molar-refractivity contribution < 1.29 is 10.2 Å². The van der Waals surface area contributed by atoms with Gasteiger partial charge in [-0.15, -0.1) is 0 Å². The summed E-state index contributed by atoms with van der Waals surface area (Å²) in [5.74, 6) is 2.98. The van der Waals surface area contributed by atoms with E-state index in [0.29, 0.717) is 11.3 Å². The average Bonchev–Trinajstić information content (AvgIpc) is 2.85. The molecule has 0 radical (unpaired) electrons. The summed E-state index contributed by atoms with van der Waals surface area (Å²) in [7, 11) is 0. The van der Waals surface area contributed by atoms with E-state index in [4.69, 9.17) is 0 Å². The third-order valence-corrected chi connectivity index (χ3v) is 8.51. The van der Waals surface area contributed by atoms with Crippen molar-refractivity contribution >= 4 is 0 Å². The molecule has 4 aliphatic rings. The Morgan fingerprint density at radius 3 is 2.38 bits per heavy atom. The predicted molar refractivity (Wildman–Crippen MR) is 83.7 cm³/mol. The number of aliphatic hydroxyl groups excluding tert-OH is 2. The van der Waals surface area contributed by atoms with E-state index in [2.05, 4.69) is 13.8 Å². The highest BCUT2D eigenvalue weighted by Crippen LogP contribution is 2.66. The van der Waals surface area contributed by atoms with Crippen LogP contribution in [0.3, 0.4) is 0 Å². The van der Waals surface area contributed by atoms with Gasteiger partial charge in [-0.05, 0) is 85.9 Å². The lowest BCUT2D eigenvalue weighted by Gasteiger charge is -2.61. The van der Waals surface area contributed by atoms with Gasteiger partial charge in [-0.1, -0.05) is 20.3 Å². The molecule has 4 saturated carbocycles. The smallest absolute Gasteiger partial charge is 0.0832 e. The Morgan fingerprint density at radius 1 is 0.762 bits per heavy atom. The van der Waals surface area contributed by atoms with Crippen molar-refractivity contribution in [3.63, 3.8) is 0 Å². The Bertz CT molecular complexity index is 422. The topological polar surface area (TPSA) is 40.5 Å². The fourth-order valence-electron chi connectivity index (χ4n) is 7.31. The van der Waals surface area contributed by atoms with E-state index in [1.54, 1.807) is 0 Å². The van der Waals surface area contributed by atoms with Gasteiger partial charge in [0.2, 0.25) is 0 Å². The zero-order valence-corrected chi connectivity index (χ0v) is 13.7. The Balaban J connectivity index is 1.64. The third-order valence-electron chi connectivity index (χ3n) is 8.51. The summed E-state index contributed by atoms with van der Waals surface area (Å²) < 4.78 is 0. The SMILES string of the molecule is C[C@]12CCC[C@@H]1[C@@H]1CC[C@H]3[C@H](O)[C@H](O)CC[C@@]3(C)[C@H]1CC2. The van der Waals surface area contributed by atoms with Gasteiger partial charge < -0.3 is 10.2 Å². The molecule has 0 aromatic carbocycles. The van der Waals surface area contributed by atoms with Crippen LogP contribution in [0.2, 0.25) is 0 Å². The first-order chi connectivity index (χ1) is 9.96. The Morgan fingerprint density at radius 2 is 1.57 bits per heavy atom. The maximum absolute atomic E-state index is 10.5. The number of hydrogen-bond donors (Lipinski definition) is 2. The molecular formula is C19H32O2. The maximum Gasteiger partial charge on any atom is 0.0832 e. The maximum atomic E-state index is 10.5. The summed E-state index contributed by atoms with van der Waals surface area (Å²) >= 11 is 0. The zero-order valence-electron chi connectivity index (χ0n) is 13.7. The molecule has 2 N–H and O–H groups in total. The fraction of sp³-hybridized carbons (Fsp3) is 1.00. The van der Waals surface area contributed by atoms with Crippen LogP contribution < -0.4 is 0 Å². The van der Waals surface area contributed by atoms with E-state index >= 15 is 0 Å². The van der Waals surface area contributed by atoms with Gasteiger partial charge in [0.05, 0.1) is 12.2 Å². The first kappa shape index (κ1) is 14.5. The molecule has 8 atom stereocenters. The lowest BCUT2D eigenvalue weighted by atomic mass is 9.45. The van der Waals surface area contributed by atoms with Crippen LogP contribution in [0.1, 0.15) is 71.6 Å². The van der Waals surface area contributed by atoms with Gasteiger partial charge in [0.25, 0.3) is 0 Å². The van der Waals surface area contributed by atoms with E-state index in [-0.39, 0.29) is 5.41 Å². The van der Waals surface area contributed by atoms with Crippen LogP contribution in [-0.4, -0.2) is 22.4 Å². The van der Waals surface area contributed by atoms with Gasteiger partial charge in [-0.25, -0.2) is 0 Å². The molecule has 0 heterocycles. The number of fused-ring (bicyclic) bond motifs is 5. The van der Waals surface area contributed by atoms with Gasteiger partial charge >= 0.3 is 0 Å². The summed E-state index contributed by atoms with van der Waals surface area (Å²) in [6.45, 7) is 5.00. The number of hydrogen-bond acceptors (Lipinski definition) is 2. The van der Waals surface area contributed by atoms with Crippen molar-refractivity contribution in [1.29, 1.82) is 0 Å². The zero-order chi connectivity index (χ0) is 14.8.